The summed E-state index contributed by atoms with van der Waals surface area (Å²) in [6.07, 6.45) is -1.22. The van der Waals surface area contributed by atoms with Gasteiger partial charge in [0.1, 0.15) is 0 Å². The first-order valence-electron chi connectivity index (χ1n) is 7.90. The number of piperidine rings is 1. The molecule has 3 atom stereocenters. The monoisotopic (exact) mass is 306 g/mol. The van der Waals surface area contributed by atoms with Gasteiger partial charge in [0.15, 0.2) is 0 Å². The fourth-order valence-corrected chi connectivity index (χ4v) is 3.62. The Morgan fingerprint density at radius 2 is 1.81 bits per heavy atom. The lowest BCUT2D eigenvalue weighted by atomic mass is 9.80. The second-order valence-corrected chi connectivity index (χ2v) is 6.62. The molecule has 6 heteroatoms. The van der Waals surface area contributed by atoms with E-state index in [0.29, 0.717) is 31.8 Å². The van der Waals surface area contributed by atoms with Crippen LogP contribution in [0.2, 0.25) is 0 Å². The van der Waals surface area contributed by atoms with Crippen molar-refractivity contribution in [3.05, 3.63) is 0 Å². The molecular formula is C15H25F3N2O. The Balaban J connectivity index is 1.89. The second-order valence-electron chi connectivity index (χ2n) is 6.62. The van der Waals surface area contributed by atoms with Gasteiger partial charge in [0.05, 0.1) is 5.92 Å². The fourth-order valence-electron chi connectivity index (χ4n) is 3.62. The van der Waals surface area contributed by atoms with E-state index in [4.69, 9.17) is 5.73 Å². The van der Waals surface area contributed by atoms with Gasteiger partial charge in [-0.25, -0.2) is 0 Å². The van der Waals surface area contributed by atoms with Gasteiger partial charge in [-0.15, -0.1) is 0 Å². The van der Waals surface area contributed by atoms with Crippen molar-refractivity contribution in [3.63, 3.8) is 0 Å². The first-order valence-corrected chi connectivity index (χ1v) is 7.90. The van der Waals surface area contributed by atoms with Crippen molar-refractivity contribution < 1.29 is 18.0 Å². The number of nitrogens with two attached hydrogens (primary N) is 1. The average molecular weight is 306 g/mol. The summed E-state index contributed by atoms with van der Waals surface area (Å²) in [5, 5.41) is 0. The van der Waals surface area contributed by atoms with Crippen LogP contribution in [0.5, 0.6) is 0 Å². The SMILES string of the molecule is CC(N)C1CCN(C(=O)C2CCCC(C(F)(F)F)C2)CC1. The lowest BCUT2D eigenvalue weighted by molar-refractivity contribution is -0.187. The van der Waals surface area contributed by atoms with Crippen molar-refractivity contribution in [2.45, 2.75) is 57.7 Å². The maximum Gasteiger partial charge on any atom is 0.391 e. The number of alkyl halides is 3. The molecule has 1 saturated carbocycles. The summed E-state index contributed by atoms with van der Waals surface area (Å²) in [5.41, 5.74) is 5.87. The smallest absolute Gasteiger partial charge is 0.342 e. The molecule has 2 N–H and O–H groups in total. The molecule has 0 aromatic heterocycles. The molecule has 1 aliphatic heterocycles. The summed E-state index contributed by atoms with van der Waals surface area (Å²) in [5.74, 6) is -1.41. The molecule has 2 rings (SSSR count). The maximum absolute atomic E-state index is 12.8. The van der Waals surface area contributed by atoms with Crippen LogP contribution in [0.15, 0.2) is 0 Å². The van der Waals surface area contributed by atoms with Crippen LogP contribution in [0.25, 0.3) is 0 Å². The Kier molecular flexibility index (Phi) is 5.17. The highest BCUT2D eigenvalue weighted by Gasteiger charge is 2.44. The molecule has 122 valence electrons. The van der Waals surface area contributed by atoms with E-state index >= 15 is 0 Å². The second kappa shape index (κ2) is 6.55. The summed E-state index contributed by atoms with van der Waals surface area (Å²) in [6.45, 7) is 3.24. The van der Waals surface area contributed by atoms with Crippen molar-refractivity contribution in [1.29, 1.82) is 0 Å². The Morgan fingerprint density at radius 3 is 2.33 bits per heavy atom. The Morgan fingerprint density at radius 1 is 1.19 bits per heavy atom. The lowest BCUT2D eigenvalue weighted by Crippen LogP contribution is -2.46. The van der Waals surface area contributed by atoms with E-state index in [2.05, 4.69) is 0 Å². The zero-order valence-electron chi connectivity index (χ0n) is 12.5. The third-order valence-electron chi connectivity index (χ3n) is 5.08. The van der Waals surface area contributed by atoms with Crippen LogP contribution in [-0.2, 0) is 4.79 Å². The number of likely N-dealkylation sites (tertiary alicyclic amines) is 1. The molecule has 2 fully saturated rings. The molecule has 0 radical (unpaired) electrons. The van der Waals surface area contributed by atoms with Crippen molar-refractivity contribution in [3.8, 4) is 0 Å². The van der Waals surface area contributed by atoms with Crippen molar-refractivity contribution >= 4 is 5.91 Å². The third kappa shape index (κ3) is 4.11. The van der Waals surface area contributed by atoms with E-state index in [-0.39, 0.29) is 24.8 Å². The van der Waals surface area contributed by atoms with Crippen LogP contribution < -0.4 is 5.73 Å². The molecule has 1 aliphatic carbocycles. The quantitative estimate of drug-likeness (QED) is 0.852. The number of halogens is 3. The minimum atomic E-state index is -4.17. The van der Waals surface area contributed by atoms with E-state index in [0.717, 1.165) is 12.8 Å². The first kappa shape index (κ1) is 16.6. The van der Waals surface area contributed by atoms with Crippen LogP contribution in [0.4, 0.5) is 13.2 Å². The van der Waals surface area contributed by atoms with E-state index in [9.17, 15) is 18.0 Å². The molecule has 3 unspecified atom stereocenters. The largest absolute Gasteiger partial charge is 0.391 e. The van der Waals surface area contributed by atoms with Gasteiger partial charge in [-0.1, -0.05) is 6.42 Å². The average Bonchev–Trinajstić information content (AvgIpc) is 2.46. The van der Waals surface area contributed by atoms with Crippen LogP contribution in [0, 0.1) is 17.8 Å². The Hall–Kier alpha value is -0.780. The zero-order valence-corrected chi connectivity index (χ0v) is 12.5. The molecule has 0 bridgehead atoms. The van der Waals surface area contributed by atoms with Gasteiger partial charge in [0.2, 0.25) is 5.91 Å². The molecule has 21 heavy (non-hydrogen) atoms. The topological polar surface area (TPSA) is 46.3 Å². The van der Waals surface area contributed by atoms with Gasteiger partial charge in [-0.3, -0.25) is 4.79 Å². The standard InChI is InChI=1S/C15H25F3N2O/c1-10(19)11-5-7-20(8-6-11)14(21)12-3-2-4-13(9-12)15(16,17)18/h10-13H,2-9,19H2,1H3. The van der Waals surface area contributed by atoms with E-state index in [1.54, 1.807) is 4.90 Å². The number of hydrogen-bond acceptors (Lipinski definition) is 2. The molecule has 0 spiro atoms. The third-order valence-corrected chi connectivity index (χ3v) is 5.08. The van der Waals surface area contributed by atoms with Gasteiger partial charge in [0, 0.05) is 25.0 Å². The molecule has 2 aliphatic rings. The molecule has 1 amide bonds. The van der Waals surface area contributed by atoms with Gasteiger partial charge in [0.25, 0.3) is 0 Å². The lowest BCUT2D eigenvalue weighted by Gasteiger charge is -2.37. The molecule has 1 heterocycles. The summed E-state index contributed by atoms with van der Waals surface area (Å²) in [7, 11) is 0. The summed E-state index contributed by atoms with van der Waals surface area (Å²) in [4.78, 5) is 14.2. The zero-order chi connectivity index (χ0) is 15.6. The summed E-state index contributed by atoms with van der Waals surface area (Å²) < 4.78 is 38.5. The highest BCUT2D eigenvalue weighted by molar-refractivity contribution is 5.79. The minimum Gasteiger partial charge on any atom is -0.342 e. The van der Waals surface area contributed by atoms with Crippen LogP contribution in [-0.4, -0.2) is 36.1 Å². The van der Waals surface area contributed by atoms with Crippen LogP contribution in [0.1, 0.15) is 45.4 Å². The van der Waals surface area contributed by atoms with E-state index < -0.39 is 18.0 Å². The number of carbonyl (C=O) groups excluding carboxylic acids is 1. The van der Waals surface area contributed by atoms with Gasteiger partial charge >= 0.3 is 6.18 Å². The predicted molar refractivity (Wildman–Crippen MR) is 74.5 cm³/mol. The van der Waals surface area contributed by atoms with Crippen molar-refractivity contribution in [2.75, 3.05) is 13.1 Å². The Labute approximate surface area is 124 Å². The van der Waals surface area contributed by atoms with Crippen LogP contribution in [0.3, 0.4) is 0 Å². The number of amides is 1. The van der Waals surface area contributed by atoms with Gasteiger partial charge < -0.3 is 10.6 Å². The van der Waals surface area contributed by atoms with Crippen molar-refractivity contribution in [1.82, 2.24) is 4.90 Å². The van der Waals surface area contributed by atoms with E-state index in [1.807, 2.05) is 6.92 Å². The molecule has 3 nitrogen and oxygen atoms in total. The van der Waals surface area contributed by atoms with Crippen LogP contribution >= 0.6 is 0 Å². The number of carbonyl (C=O) groups is 1. The highest BCUT2D eigenvalue weighted by Crippen LogP contribution is 2.40. The minimum absolute atomic E-state index is 0.0322. The normalized spacial score (nSPS) is 30.2. The predicted octanol–water partition coefficient (Wildman–Crippen LogP) is 2.94. The van der Waals surface area contributed by atoms with Gasteiger partial charge in [-0.2, -0.15) is 13.2 Å². The molecule has 0 aromatic rings. The van der Waals surface area contributed by atoms with E-state index in [1.165, 1.54) is 0 Å². The maximum atomic E-state index is 12.8. The number of nitrogens with zero attached hydrogens (tertiary/aromatic N) is 1. The Bertz CT molecular complexity index is 362. The molecule has 0 aromatic carbocycles. The number of rotatable bonds is 2. The number of hydrogen-bond donors (Lipinski definition) is 1. The van der Waals surface area contributed by atoms with Gasteiger partial charge in [-0.05, 0) is 44.9 Å². The van der Waals surface area contributed by atoms with Crippen molar-refractivity contribution in [2.24, 2.45) is 23.5 Å². The summed E-state index contributed by atoms with van der Waals surface area (Å²) >= 11 is 0. The summed E-state index contributed by atoms with van der Waals surface area (Å²) in [6, 6.07) is 0.117. The fraction of sp³-hybridized carbons (Fsp3) is 0.933. The highest BCUT2D eigenvalue weighted by atomic mass is 19.4. The molecule has 1 saturated heterocycles. The molecular weight excluding hydrogens is 281 g/mol. The first-order chi connectivity index (χ1) is 9.79.